The molecule has 1 heterocycles. The molecule has 1 rings (SSSR count). The zero-order valence-corrected chi connectivity index (χ0v) is 8.87. The topological polar surface area (TPSA) is 76.2 Å². The Bertz CT molecular complexity index is 311. The summed E-state index contributed by atoms with van der Waals surface area (Å²) in [5.74, 6) is 0.0721. The Morgan fingerprint density at radius 3 is 2.86 bits per heavy atom. The minimum atomic E-state index is -0.890. The summed E-state index contributed by atoms with van der Waals surface area (Å²) in [6.45, 7) is 4.10. The first kappa shape index (κ1) is 11.0. The summed E-state index contributed by atoms with van der Waals surface area (Å²) in [5.41, 5.74) is 0. The zero-order valence-electron chi connectivity index (χ0n) is 8.06. The van der Waals surface area contributed by atoms with Gasteiger partial charge in [0.2, 0.25) is 5.89 Å². The van der Waals surface area contributed by atoms with Crippen LogP contribution < -0.4 is 0 Å². The Labute approximate surface area is 85.9 Å². The van der Waals surface area contributed by atoms with Crippen molar-refractivity contribution in [3.8, 4) is 0 Å². The van der Waals surface area contributed by atoms with Gasteiger partial charge < -0.3 is 9.52 Å². The number of hydrogen-bond donors (Lipinski definition) is 1. The molecule has 5 nitrogen and oxygen atoms in total. The van der Waals surface area contributed by atoms with Crippen LogP contribution in [-0.4, -0.2) is 27.0 Å². The largest absolute Gasteiger partial charge is 0.481 e. The fourth-order valence-corrected chi connectivity index (χ4v) is 1.35. The molecule has 0 aliphatic heterocycles. The minimum Gasteiger partial charge on any atom is -0.481 e. The highest BCUT2D eigenvalue weighted by molar-refractivity contribution is 7.99. The smallest absolute Gasteiger partial charge is 0.314 e. The Morgan fingerprint density at radius 2 is 2.29 bits per heavy atom. The standard InChI is InChI=1S/C8H12N2O3S/c1-5(2)3-6-9-10-8(13-6)14-4-7(11)12/h5H,3-4H2,1-2H3,(H,11,12). The number of rotatable bonds is 5. The SMILES string of the molecule is CC(C)Cc1nnc(SCC(=O)O)o1. The van der Waals surface area contributed by atoms with Gasteiger partial charge in [0.05, 0.1) is 0 Å². The van der Waals surface area contributed by atoms with E-state index in [4.69, 9.17) is 9.52 Å². The van der Waals surface area contributed by atoms with E-state index < -0.39 is 5.97 Å². The Hall–Kier alpha value is -1.04. The lowest BCUT2D eigenvalue weighted by Gasteiger charge is -1.96. The predicted octanol–water partition coefficient (Wildman–Crippen LogP) is 1.44. The van der Waals surface area contributed by atoms with Gasteiger partial charge in [0.15, 0.2) is 0 Å². The van der Waals surface area contributed by atoms with Crippen molar-refractivity contribution >= 4 is 17.7 Å². The fraction of sp³-hybridized carbons (Fsp3) is 0.625. The van der Waals surface area contributed by atoms with Crippen LogP contribution in [0.25, 0.3) is 0 Å². The van der Waals surface area contributed by atoms with Crippen LogP contribution in [0.4, 0.5) is 0 Å². The average molecular weight is 216 g/mol. The first-order valence-electron chi connectivity index (χ1n) is 4.25. The summed E-state index contributed by atoms with van der Waals surface area (Å²) in [4.78, 5) is 10.2. The Morgan fingerprint density at radius 1 is 1.57 bits per heavy atom. The molecule has 14 heavy (non-hydrogen) atoms. The molecular weight excluding hydrogens is 204 g/mol. The lowest BCUT2D eigenvalue weighted by atomic mass is 10.1. The molecule has 0 radical (unpaired) electrons. The van der Waals surface area contributed by atoms with Gasteiger partial charge in [0, 0.05) is 6.42 Å². The van der Waals surface area contributed by atoms with Crippen LogP contribution in [-0.2, 0) is 11.2 Å². The quantitative estimate of drug-likeness (QED) is 0.750. The second-order valence-corrected chi connectivity index (χ2v) is 4.17. The van der Waals surface area contributed by atoms with Crippen LogP contribution in [0.3, 0.4) is 0 Å². The van der Waals surface area contributed by atoms with E-state index >= 15 is 0 Å². The molecule has 0 bridgehead atoms. The molecule has 0 aliphatic rings. The molecule has 78 valence electrons. The third-order valence-corrected chi connectivity index (χ3v) is 2.15. The molecule has 0 aliphatic carbocycles. The number of aromatic nitrogens is 2. The van der Waals surface area contributed by atoms with E-state index in [0.29, 0.717) is 17.0 Å². The summed E-state index contributed by atoms with van der Waals surface area (Å²) in [6, 6.07) is 0. The molecule has 1 aromatic rings. The Balaban J connectivity index is 2.46. The molecule has 0 saturated carbocycles. The highest BCUT2D eigenvalue weighted by Crippen LogP contribution is 2.16. The normalized spacial score (nSPS) is 10.8. The van der Waals surface area contributed by atoms with Gasteiger partial charge in [-0.15, -0.1) is 10.2 Å². The molecule has 0 amide bonds. The van der Waals surface area contributed by atoms with Crippen LogP contribution >= 0.6 is 11.8 Å². The van der Waals surface area contributed by atoms with Crippen molar-refractivity contribution in [3.05, 3.63) is 5.89 Å². The summed E-state index contributed by atoms with van der Waals surface area (Å²) in [7, 11) is 0. The lowest BCUT2D eigenvalue weighted by molar-refractivity contribution is -0.133. The molecule has 6 heteroatoms. The van der Waals surface area contributed by atoms with Crippen molar-refractivity contribution in [2.45, 2.75) is 25.5 Å². The van der Waals surface area contributed by atoms with Crippen molar-refractivity contribution in [1.29, 1.82) is 0 Å². The van der Waals surface area contributed by atoms with Crippen molar-refractivity contribution < 1.29 is 14.3 Å². The molecule has 0 spiro atoms. The van der Waals surface area contributed by atoms with E-state index in [1.807, 2.05) is 13.8 Å². The van der Waals surface area contributed by atoms with E-state index in [9.17, 15) is 4.79 Å². The number of carboxylic acid groups (broad SMARTS) is 1. The van der Waals surface area contributed by atoms with Gasteiger partial charge in [-0.05, 0) is 5.92 Å². The monoisotopic (exact) mass is 216 g/mol. The number of carboxylic acids is 1. The van der Waals surface area contributed by atoms with Gasteiger partial charge in [0.25, 0.3) is 5.22 Å². The summed E-state index contributed by atoms with van der Waals surface area (Å²) in [6.07, 6.45) is 0.723. The lowest BCUT2D eigenvalue weighted by Crippen LogP contribution is -1.97. The molecule has 0 saturated heterocycles. The van der Waals surface area contributed by atoms with E-state index in [2.05, 4.69) is 10.2 Å². The number of nitrogens with zero attached hydrogens (tertiary/aromatic N) is 2. The van der Waals surface area contributed by atoms with E-state index in [1.165, 1.54) is 0 Å². The van der Waals surface area contributed by atoms with Crippen molar-refractivity contribution in [2.75, 3.05) is 5.75 Å². The van der Waals surface area contributed by atoms with E-state index in [0.717, 1.165) is 18.2 Å². The number of carbonyl (C=O) groups is 1. The third-order valence-electron chi connectivity index (χ3n) is 1.35. The molecule has 1 N–H and O–H groups in total. The highest BCUT2D eigenvalue weighted by atomic mass is 32.2. The van der Waals surface area contributed by atoms with Crippen molar-refractivity contribution in [2.24, 2.45) is 5.92 Å². The first-order chi connectivity index (χ1) is 6.58. The zero-order chi connectivity index (χ0) is 10.6. The number of aliphatic carboxylic acids is 1. The van der Waals surface area contributed by atoms with Crippen LogP contribution in [0, 0.1) is 5.92 Å². The summed E-state index contributed by atoms with van der Waals surface area (Å²) in [5, 5.41) is 16.3. The maximum atomic E-state index is 10.2. The van der Waals surface area contributed by atoms with Crippen molar-refractivity contribution in [1.82, 2.24) is 10.2 Å². The predicted molar refractivity (Wildman–Crippen MR) is 51.2 cm³/mol. The molecular formula is C8H12N2O3S. The highest BCUT2D eigenvalue weighted by Gasteiger charge is 2.09. The minimum absolute atomic E-state index is 0.0523. The first-order valence-corrected chi connectivity index (χ1v) is 5.23. The summed E-state index contributed by atoms with van der Waals surface area (Å²) < 4.78 is 5.22. The van der Waals surface area contributed by atoms with Gasteiger partial charge in [-0.1, -0.05) is 25.6 Å². The molecule has 1 aromatic heterocycles. The fourth-order valence-electron chi connectivity index (χ4n) is 0.852. The van der Waals surface area contributed by atoms with Crippen LogP contribution in [0.2, 0.25) is 0 Å². The van der Waals surface area contributed by atoms with E-state index in [1.54, 1.807) is 0 Å². The summed E-state index contributed by atoms with van der Waals surface area (Å²) >= 11 is 1.04. The van der Waals surface area contributed by atoms with Gasteiger partial charge in [0.1, 0.15) is 5.75 Å². The second-order valence-electron chi connectivity index (χ2n) is 3.24. The van der Waals surface area contributed by atoms with Gasteiger partial charge >= 0.3 is 5.97 Å². The van der Waals surface area contributed by atoms with Gasteiger partial charge in [-0.2, -0.15) is 0 Å². The second kappa shape index (κ2) is 4.99. The Kier molecular flexibility index (Phi) is 3.94. The number of hydrogen-bond acceptors (Lipinski definition) is 5. The van der Waals surface area contributed by atoms with Crippen LogP contribution in [0.5, 0.6) is 0 Å². The molecule has 0 atom stereocenters. The molecule has 0 fully saturated rings. The molecule has 0 unspecified atom stereocenters. The van der Waals surface area contributed by atoms with Gasteiger partial charge in [-0.25, -0.2) is 0 Å². The van der Waals surface area contributed by atoms with Crippen LogP contribution in [0.1, 0.15) is 19.7 Å². The molecule has 0 aromatic carbocycles. The maximum absolute atomic E-state index is 10.2. The third kappa shape index (κ3) is 3.78. The van der Waals surface area contributed by atoms with Crippen molar-refractivity contribution in [3.63, 3.8) is 0 Å². The number of thioether (sulfide) groups is 1. The maximum Gasteiger partial charge on any atom is 0.314 e. The van der Waals surface area contributed by atoms with Crippen LogP contribution in [0.15, 0.2) is 9.64 Å². The average Bonchev–Trinajstić information content (AvgIpc) is 2.47. The van der Waals surface area contributed by atoms with E-state index in [-0.39, 0.29) is 5.75 Å². The van der Waals surface area contributed by atoms with Gasteiger partial charge in [-0.3, -0.25) is 4.79 Å².